The monoisotopic (exact) mass is 353 g/mol. The molecular weight excluding hydrogens is 334 g/mol. The second-order valence-electron chi connectivity index (χ2n) is 5.93. The summed E-state index contributed by atoms with van der Waals surface area (Å²) in [6, 6.07) is 6.21. The molecule has 0 fully saturated rings. The van der Waals surface area contributed by atoms with Crippen LogP contribution in [0.15, 0.2) is 29.9 Å². The maximum atomic E-state index is 5.23. The van der Waals surface area contributed by atoms with Crippen molar-refractivity contribution < 1.29 is 4.74 Å². The summed E-state index contributed by atoms with van der Waals surface area (Å²) in [6.45, 7) is 5.51. The minimum absolute atomic E-state index is 0.644. The molecule has 0 unspecified atom stereocenters. The molecule has 4 aromatic rings. The fraction of sp³-hybridized carbons (Fsp3) is 0.278. The summed E-state index contributed by atoms with van der Waals surface area (Å²) >= 11 is 1.64. The van der Waals surface area contributed by atoms with Gasteiger partial charge >= 0.3 is 0 Å². The van der Waals surface area contributed by atoms with Gasteiger partial charge in [-0.15, -0.1) is 11.3 Å². The van der Waals surface area contributed by atoms with E-state index >= 15 is 0 Å². The molecule has 0 saturated heterocycles. The van der Waals surface area contributed by atoms with Crippen molar-refractivity contribution in [2.24, 2.45) is 0 Å². The van der Waals surface area contributed by atoms with Gasteiger partial charge in [0.2, 0.25) is 0 Å². The summed E-state index contributed by atoms with van der Waals surface area (Å²) in [5.74, 6) is 1.71. The molecule has 7 heteroatoms. The molecule has 1 aromatic carbocycles. The van der Waals surface area contributed by atoms with Crippen LogP contribution in [0.2, 0.25) is 0 Å². The number of nitrogens with zero attached hydrogens (tertiary/aromatic N) is 4. The van der Waals surface area contributed by atoms with Gasteiger partial charge in [-0.3, -0.25) is 0 Å². The third-order valence-electron chi connectivity index (χ3n) is 4.40. The van der Waals surface area contributed by atoms with Gasteiger partial charge in [-0.25, -0.2) is 15.0 Å². The number of methoxy groups -OCH3 is 1. The van der Waals surface area contributed by atoms with E-state index in [-0.39, 0.29) is 0 Å². The SMILES string of the molecule is COCCn1c(-c2cnc(-c3ccc4scnc4c3)[nH]2)nc(C)c1C. The average Bonchev–Trinajstić information content (AvgIpc) is 3.33. The largest absolute Gasteiger partial charge is 0.383 e. The topological polar surface area (TPSA) is 68.6 Å². The number of H-pyrrole nitrogens is 1. The second kappa shape index (κ2) is 6.42. The van der Waals surface area contributed by atoms with Crippen LogP contribution in [-0.4, -0.2) is 38.2 Å². The highest BCUT2D eigenvalue weighted by molar-refractivity contribution is 7.16. The maximum Gasteiger partial charge on any atom is 0.158 e. The average molecular weight is 353 g/mol. The molecule has 0 aliphatic heterocycles. The lowest BCUT2D eigenvalue weighted by Crippen LogP contribution is -2.07. The van der Waals surface area contributed by atoms with E-state index in [2.05, 4.69) is 44.6 Å². The van der Waals surface area contributed by atoms with Crippen LogP contribution < -0.4 is 0 Å². The third-order valence-corrected chi connectivity index (χ3v) is 5.21. The number of fused-ring (bicyclic) bond motifs is 1. The molecule has 0 saturated carbocycles. The summed E-state index contributed by atoms with van der Waals surface area (Å²) in [7, 11) is 1.71. The molecule has 3 heterocycles. The number of rotatable bonds is 5. The third kappa shape index (κ3) is 2.85. The van der Waals surface area contributed by atoms with Crippen LogP contribution >= 0.6 is 11.3 Å². The van der Waals surface area contributed by atoms with Gasteiger partial charge in [0, 0.05) is 24.9 Å². The first-order valence-electron chi connectivity index (χ1n) is 8.09. The molecule has 3 aromatic heterocycles. The van der Waals surface area contributed by atoms with Gasteiger partial charge in [-0.2, -0.15) is 0 Å². The van der Waals surface area contributed by atoms with Crippen molar-refractivity contribution in [2.75, 3.05) is 13.7 Å². The van der Waals surface area contributed by atoms with E-state index in [9.17, 15) is 0 Å². The normalized spacial score (nSPS) is 11.5. The molecule has 0 radical (unpaired) electrons. The van der Waals surface area contributed by atoms with Crippen LogP contribution in [0.3, 0.4) is 0 Å². The minimum atomic E-state index is 0.644. The number of hydrogen-bond donors (Lipinski definition) is 1. The zero-order valence-electron chi connectivity index (χ0n) is 14.4. The Morgan fingerprint density at radius 1 is 1.24 bits per heavy atom. The van der Waals surface area contributed by atoms with Gasteiger partial charge in [0.25, 0.3) is 0 Å². The molecule has 0 aliphatic rings. The number of aromatic nitrogens is 5. The van der Waals surface area contributed by atoms with Gasteiger partial charge in [-0.1, -0.05) is 0 Å². The second-order valence-corrected chi connectivity index (χ2v) is 6.82. The lowest BCUT2D eigenvalue weighted by atomic mass is 10.2. The lowest BCUT2D eigenvalue weighted by Gasteiger charge is -2.08. The molecule has 1 N–H and O–H groups in total. The highest BCUT2D eigenvalue weighted by Crippen LogP contribution is 2.27. The number of hydrogen-bond acceptors (Lipinski definition) is 5. The first-order valence-corrected chi connectivity index (χ1v) is 8.97. The molecule has 128 valence electrons. The molecule has 6 nitrogen and oxygen atoms in total. The number of aryl methyl sites for hydroxylation is 1. The van der Waals surface area contributed by atoms with Gasteiger partial charge < -0.3 is 14.3 Å². The van der Waals surface area contributed by atoms with Crippen LogP contribution in [0.1, 0.15) is 11.4 Å². The zero-order chi connectivity index (χ0) is 17.4. The Bertz CT molecular complexity index is 1030. The van der Waals surface area contributed by atoms with Gasteiger partial charge in [0.1, 0.15) is 11.5 Å². The Labute approximate surface area is 149 Å². The van der Waals surface area contributed by atoms with Crippen molar-refractivity contribution in [2.45, 2.75) is 20.4 Å². The number of nitrogens with one attached hydrogen (secondary N) is 1. The van der Waals surface area contributed by atoms with Crippen molar-refractivity contribution >= 4 is 21.6 Å². The Morgan fingerprint density at radius 3 is 2.96 bits per heavy atom. The molecule has 0 spiro atoms. The summed E-state index contributed by atoms with van der Waals surface area (Å²) in [6.07, 6.45) is 1.84. The quantitative estimate of drug-likeness (QED) is 0.592. The summed E-state index contributed by atoms with van der Waals surface area (Å²) in [5.41, 5.74) is 6.95. The molecule has 25 heavy (non-hydrogen) atoms. The van der Waals surface area contributed by atoms with E-state index in [1.54, 1.807) is 18.4 Å². The smallest absolute Gasteiger partial charge is 0.158 e. The summed E-state index contributed by atoms with van der Waals surface area (Å²) in [4.78, 5) is 17.0. The Hall–Kier alpha value is -2.51. The van der Waals surface area contributed by atoms with Crippen molar-refractivity contribution in [3.63, 3.8) is 0 Å². The maximum absolute atomic E-state index is 5.23. The van der Waals surface area contributed by atoms with Gasteiger partial charge in [0.15, 0.2) is 5.82 Å². The highest BCUT2D eigenvalue weighted by Gasteiger charge is 2.15. The number of benzene rings is 1. The fourth-order valence-corrected chi connectivity index (χ4v) is 3.56. The van der Waals surface area contributed by atoms with E-state index in [1.807, 2.05) is 18.6 Å². The molecule has 0 atom stereocenters. The van der Waals surface area contributed by atoms with Crippen LogP contribution in [0.25, 0.3) is 33.1 Å². The number of imidazole rings is 2. The molecule has 0 aliphatic carbocycles. The van der Waals surface area contributed by atoms with Crippen molar-refractivity contribution in [1.29, 1.82) is 0 Å². The van der Waals surface area contributed by atoms with Crippen molar-refractivity contribution in [3.8, 4) is 22.9 Å². The Kier molecular flexibility index (Phi) is 4.10. The van der Waals surface area contributed by atoms with E-state index in [0.717, 1.165) is 46.4 Å². The van der Waals surface area contributed by atoms with E-state index < -0.39 is 0 Å². The Balaban J connectivity index is 1.72. The highest BCUT2D eigenvalue weighted by atomic mass is 32.1. The molecule has 0 bridgehead atoms. The number of aromatic amines is 1. The zero-order valence-corrected chi connectivity index (χ0v) is 15.2. The van der Waals surface area contributed by atoms with Crippen LogP contribution in [-0.2, 0) is 11.3 Å². The van der Waals surface area contributed by atoms with Crippen LogP contribution in [0.5, 0.6) is 0 Å². The van der Waals surface area contributed by atoms with Crippen LogP contribution in [0, 0.1) is 13.8 Å². The standard InChI is InChI=1S/C18H19N5OS/c1-11-12(2)23(6-7-24-3)18(21-11)15-9-19-17(22-15)13-4-5-16-14(8-13)20-10-25-16/h4-5,8-10H,6-7H2,1-3H3,(H,19,22). The molecule has 0 amide bonds. The summed E-state index contributed by atoms with van der Waals surface area (Å²) < 4.78 is 8.57. The summed E-state index contributed by atoms with van der Waals surface area (Å²) in [5, 5.41) is 0. The predicted molar refractivity (Wildman–Crippen MR) is 99.8 cm³/mol. The predicted octanol–water partition coefficient (Wildman–Crippen LogP) is 3.81. The fourth-order valence-electron chi connectivity index (χ4n) is 2.90. The first kappa shape index (κ1) is 16.0. The molecular formula is C18H19N5OS. The Morgan fingerprint density at radius 2 is 2.12 bits per heavy atom. The van der Waals surface area contributed by atoms with E-state index in [1.165, 1.54) is 4.70 Å². The molecule has 4 rings (SSSR count). The van der Waals surface area contributed by atoms with Crippen LogP contribution in [0.4, 0.5) is 0 Å². The number of thiazole rings is 1. The number of ether oxygens (including phenoxy) is 1. The van der Waals surface area contributed by atoms with E-state index in [4.69, 9.17) is 9.72 Å². The first-order chi connectivity index (χ1) is 12.2. The lowest BCUT2D eigenvalue weighted by molar-refractivity contribution is 0.187. The van der Waals surface area contributed by atoms with Gasteiger partial charge in [-0.05, 0) is 32.0 Å². The van der Waals surface area contributed by atoms with Gasteiger partial charge in [0.05, 0.1) is 34.2 Å². The van der Waals surface area contributed by atoms with Crippen molar-refractivity contribution in [3.05, 3.63) is 41.3 Å². The van der Waals surface area contributed by atoms with E-state index in [0.29, 0.717) is 6.61 Å². The minimum Gasteiger partial charge on any atom is -0.383 e. The van der Waals surface area contributed by atoms with Crippen molar-refractivity contribution in [1.82, 2.24) is 24.5 Å².